The van der Waals surface area contributed by atoms with Gasteiger partial charge in [-0.3, -0.25) is 9.69 Å². The molecule has 0 bridgehead atoms. The van der Waals surface area contributed by atoms with Crippen LogP contribution in [0.25, 0.3) is 10.9 Å². The lowest BCUT2D eigenvalue weighted by Gasteiger charge is -2.21. The van der Waals surface area contributed by atoms with Crippen LogP contribution in [-0.4, -0.2) is 40.4 Å². The van der Waals surface area contributed by atoms with Crippen molar-refractivity contribution in [1.29, 1.82) is 0 Å². The van der Waals surface area contributed by atoms with Crippen molar-refractivity contribution in [2.45, 2.75) is 38.8 Å². The summed E-state index contributed by atoms with van der Waals surface area (Å²) in [5, 5.41) is 3.66. The van der Waals surface area contributed by atoms with Crippen molar-refractivity contribution in [3.63, 3.8) is 0 Å². The van der Waals surface area contributed by atoms with E-state index in [2.05, 4.69) is 10.3 Å². The van der Waals surface area contributed by atoms with Crippen molar-refractivity contribution in [3.8, 4) is 0 Å². The van der Waals surface area contributed by atoms with Gasteiger partial charge in [-0.05, 0) is 44.2 Å². The number of imide groups is 1. The van der Waals surface area contributed by atoms with Crippen molar-refractivity contribution in [2.24, 2.45) is 5.92 Å². The van der Waals surface area contributed by atoms with Gasteiger partial charge in [-0.1, -0.05) is 18.2 Å². The summed E-state index contributed by atoms with van der Waals surface area (Å²) in [6.45, 7) is 3.52. The molecule has 2 aliphatic rings. The zero-order valence-corrected chi connectivity index (χ0v) is 15.5. The maximum atomic E-state index is 12.9. The average molecular weight is 367 g/mol. The van der Waals surface area contributed by atoms with E-state index in [0.717, 1.165) is 28.7 Å². The number of nitrogens with zero attached hydrogens (tertiary/aromatic N) is 2. The topological polar surface area (TPSA) is 88.6 Å². The van der Waals surface area contributed by atoms with Crippen LogP contribution in [0.1, 0.15) is 41.4 Å². The smallest absolute Gasteiger partial charge is 0.340 e. The van der Waals surface area contributed by atoms with Crippen LogP contribution in [0.2, 0.25) is 0 Å². The minimum atomic E-state index is -0.867. The van der Waals surface area contributed by atoms with E-state index >= 15 is 0 Å². The lowest BCUT2D eigenvalue weighted by atomic mass is 9.96. The van der Waals surface area contributed by atoms with Gasteiger partial charge in [-0.2, -0.15) is 0 Å². The van der Waals surface area contributed by atoms with E-state index in [1.54, 1.807) is 6.92 Å². The fourth-order valence-electron chi connectivity index (χ4n) is 3.87. The van der Waals surface area contributed by atoms with Crippen LogP contribution < -0.4 is 5.32 Å². The quantitative estimate of drug-likeness (QED) is 0.663. The van der Waals surface area contributed by atoms with Gasteiger partial charge in [0.2, 0.25) is 0 Å². The van der Waals surface area contributed by atoms with Crippen molar-refractivity contribution in [3.05, 3.63) is 41.1 Å². The Hall–Kier alpha value is -2.96. The van der Waals surface area contributed by atoms with Crippen LogP contribution in [0.5, 0.6) is 0 Å². The molecular weight excluding hydrogens is 346 g/mol. The molecule has 1 atom stereocenters. The largest absolute Gasteiger partial charge is 0.465 e. The molecule has 2 aromatic rings. The number of methoxy groups -OCH3 is 1. The fourth-order valence-corrected chi connectivity index (χ4v) is 3.87. The minimum Gasteiger partial charge on any atom is -0.465 e. The maximum absolute atomic E-state index is 12.9. The third kappa shape index (κ3) is 2.65. The second-order valence-corrected chi connectivity index (χ2v) is 7.37. The van der Waals surface area contributed by atoms with Crippen molar-refractivity contribution >= 4 is 28.8 Å². The van der Waals surface area contributed by atoms with Crippen molar-refractivity contribution < 1.29 is 19.1 Å². The molecular formula is C20H21N3O4. The van der Waals surface area contributed by atoms with Gasteiger partial charge in [0.25, 0.3) is 5.91 Å². The summed E-state index contributed by atoms with van der Waals surface area (Å²) in [6, 6.07) is 7.00. The number of carbonyl (C=O) groups excluding carboxylic acids is 3. The first kappa shape index (κ1) is 17.5. The molecule has 1 aromatic carbocycles. The number of fused-ring (bicyclic) bond motifs is 1. The Morgan fingerprint density at radius 2 is 2.04 bits per heavy atom. The first-order valence-electron chi connectivity index (χ1n) is 8.97. The molecule has 0 spiro atoms. The number of benzene rings is 1. The monoisotopic (exact) mass is 367 g/mol. The van der Waals surface area contributed by atoms with E-state index in [1.807, 2.05) is 31.2 Å². The lowest BCUT2D eigenvalue weighted by molar-refractivity contribution is -0.131. The van der Waals surface area contributed by atoms with E-state index in [4.69, 9.17) is 4.74 Å². The molecule has 4 rings (SSSR count). The number of nitrogens with one attached hydrogen (secondary N) is 1. The summed E-state index contributed by atoms with van der Waals surface area (Å²) in [7, 11) is 1.30. The Bertz CT molecular complexity index is 983. The number of aryl methyl sites for hydroxylation is 1. The van der Waals surface area contributed by atoms with Crippen LogP contribution in [0, 0.1) is 12.8 Å². The second kappa shape index (κ2) is 6.04. The number of carbonyl (C=O) groups is 3. The molecule has 27 heavy (non-hydrogen) atoms. The summed E-state index contributed by atoms with van der Waals surface area (Å²) in [5.41, 5.74) is 1.22. The number of hydrogen-bond donors (Lipinski definition) is 1. The Kier molecular flexibility index (Phi) is 3.91. The molecule has 0 radical (unpaired) electrons. The number of pyridine rings is 1. The molecule has 1 aliphatic carbocycles. The molecule has 140 valence electrons. The molecule has 1 aliphatic heterocycles. The third-order valence-corrected chi connectivity index (χ3v) is 5.62. The Balaban J connectivity index is 1.78. The Morgan fingerprint density at radius 1 is 1.33 bits per heavy atom. The molecule has 7 heteroatoms. The first-order chi connectivity index (χ1) is 12.9. The number of ether oxygens (including phenoxy) is 1. The first-order valence-corrected chi connectivity index (χ1v) is 8.97. The molecule has 3 amide bonds. The minimum absolute atomic E-state index is 0.0664. The van der Waals surface area contributed by atoms with E-state index < -0.39 is 17.5 Å². The lowest BCUT2D eigenvalue weighted by Crippen LogP contribution is -2.46. The maximum Gasteiger partial charge on any atom is 0.340 e. The van der Waals surface area contributed by atoms with Gasteiger partial charge in [0, 0.05) is 5.39 Å². The standard InChI is InChI=1S/C20H21N3O4/c1-11-13-6-4-5-7-14(13)21-15(16(11)17(24)27-3)10-23-18(25)20(2,12-8-9-12)22-19(23)26/h4-7,12H,8-10H2,1-3H3,(H,22,26)/t20-/m1/s1. The number of para-hydroxylation sites is 1. The molecule has 2 fully saturated rings. The Labute approximate surface area is 156 Å². The van der Waals surface area contributed by atoms with Crippen LogP contribution in [0.3, 0.4) is 0 Å². The number of esters is 1. The summed E-state index contributed by atoms with van der Waals surface area (Å²) < 4.78 is 4.93. The number of hydrogen-bond acceptors (Lipinski definition) is 5. The van der Waals surface area contributed by atoms with E-state index in [0.29, 0.717) is 16.8 Å². The number of urea groups is 1. The highest BCUT2D eigenvalue weighted by Gasteiger charge is 2.56. The molecule has 7 nitrogen and oxygen atoms in total. The van der Waals surface area contributed by atoms with Gasteiger partial charge in [0.1, 0.15) is 5.54 Å². The summed E-state index contributed by atoms with van der Waals surface area (Å²) in [6.07, 6.45) is 1.86. The van der Waals surface area contributed by atoms with Crippen LogP contribution in [0.15, 0.2) is 24.3 Å². The normalized spacial score (nSPS) is 22.3. The van der Waals surface area contributed by atoms with Crippen LogP contribution in [0.4, 0.5) is 4.79 Å². The fraction of sp³-hybridized carbons (Fsp3) is 0.400. The summed E-state index contributed by atoms with van der Waals surface area (Å²) in [4.78, 5) is 43.5. The van der Waals surface area contributed by atoms with E-state index in [9.17, 15) is 14.4 Å². The molecule has 0 unspecified atom stereocenters. The predicted molar refractivity (Wildman–Crippen MR) is 98.0 cm³/mol. The average Bonchev–Trinajstić information content (AvgIpc) is 3.47. The number of amides is 3. The highest BCUT2D eigenvalue weighted by Crippen LogP contribution is 2.43. The zero-order chi connectivity index (χ0) is 19.3. The number of rotatable bonds is 4. The van der Waals surface area contributed by atoms with Gasteiger partial charge in [0.05, 0.1) is 30.4 Å². The van der Waals surface area contributed by atoms with Gasteiger partial charge >= 0.3 is 12.0 Å². The van der Waals surface area contributed by atoms with Gasteiger partial charge in [-0.15, -0.1) is 0 Å². The third-order valence-electron chi connectivity index (χ3n) is 5.62. The highest BCUT2D eigenvalue weighted by atomic mass is 16.5. The van der Waals surface area contributed by atoms with Crippen LogP contribution in [-0.2, 0) is 16.1 Å². The molecule has 1 N–H and O–H groups in total. The molecule has 1 aromatic heterocycles. The summed E-state index contributed by atoms with van der Waals surface area (Å²) in [5.74, 6) is -0.624. The van der Waals surface area contributed by atoms with E-state index in [-0.39, 0.29) is 18.4 Å². The van der Waals surface area contributed by atoms with Crippen molar-refractivity contribution in [2.75, 3.05) is 7.11 Å². The predicted octanol–water partition coefficient (Wildman–Crippen LogP) is 2.55. The van der Waals surface area contributed by atoms with Crippen LogP contribution >= 0.6 is 0 Å². The number of aromatic nitrogens is 1. The zero-order valence-electron chi connectivity index (χ0n) is 15.5. The molecule has 1 saturated heterocycles. The summed E-state index contributed by atoms with van der Waals surface area (Å²) >= 11 is 0. The SMILES string of the molecule is COC(=O)c1c(CN2C(=O)N[C@](C)(C3CC3)C2=O)nc2ccccc2c1C. The van der Waals surface area contributed by atoms with E-state index in [1.165, 1.54) is 7.11 Å². The molecule has 1 saturated carbocycles. The van der Waals surface area contributed by atoms with Gasteiger partial charge < -0.3 is 10.1 Å². The molecule has 2 heterocycles. The Morgan fingerprint density at radius 3 is 2.70 bits per heavy atom. The second-order valence-electron chi connectivity index (χ2n) is 7.37. The van der Waals surface area contributed by atoms with Gasteiger partial charge in [-0.25, -0.2) is 14.6 Å². The van der Waals surface area contributed by atoms with Crippen molar-refractivity contribution in [1.82, 2.24) is 15.2 Å². The highest BCUT2D eigenvalue weighted by molar-refractivity contribution is 6.07. The van der Waals surface area contributed by atoms with Gasteiger partial charge in [0.15, 0.2) is 0 Å².